The van der Waals surface area contributed by atoms with Crippen LogP contribution in [0.5, 0.6) is 0 Å². The number of anilines is 1. The largest absolute Gasteiger partial charge is 0.403 e. The molecular formula is C15H14N6O4. The number of amides is 1. The zero-order valence-corrected chi connectivity index (χ0v) is 13.5. The number of nitrogens with zero attached hydrogens (tertiary/aromatic N) is 5. The van der Waals surface area contributed by atoms with Crippen LogP contribution < -0.4 is 5.32 Å². The van der Waals surface area contributed by atoms with Gasteiger partial charge in [0.1, 0.15) is 17.9 Å². The van der Waals surface area contributed by atoms with Gasteiger partial charge < -0.3 is 4.42 Å². The van der Waals surface area contributed by atoms with Crippen LogP contribution in [0, 0.1) is 24.0 Å². The van der Waals surface area contributed by atoms with Crippen LogP contribution in [-0.2, 0) is 11.3 Å². The highest BCUT2D eigenvalue weighted by molar-refractivity contribution is 5.88. The summed E-state index contributed by atoms with van der Waals surface area (Å²) in [5.41, 5.74) is 1.18. The first-order valence-corrected chi connectivity index (χ1v) is 7.33. The van der Waals surface area contributed by atoms with Crippen LogP contribution >= 0.6 is 0 Å². The van der Waals surface area contributed by atoms with Gasteiger partial charge in [0, 0.05) is 5.56 Å². The van der Waals surface area contributed by atoms with E-state index in [1.165, 1.54) is 18.5 Å². The highest BCUT2D eigenvalue weighted by Crippen LogP contribution is 2.22. The fraction of sp³-hybridized carbons (Fsp3) is 0.200. The van der Waals surface area contributed by atoms with Gasteiger partial charge in [-0.3, -0.25) is 24.9 Å². The molecule has 0 atom stereocenters. The van der Waals surface area contributed by atoms with Gasteiger partial charge in [-0.1, -0.05) is 23.3 Å². The number of rotatable bonds is 5. The van der Waals surface area contributed by atoms with Gasteiger partial charge in [-0.2, -0.15) is 5.10 Å². The van der Waals surface area contributed by atoms with E-state index in [2.05, 4.69) is 20.6 Å². The third-order valence-corrected chi connectivity index (χ3v) is 3.51. The van der Waals surface area contributed by atoms with E-state index in [9.17, 15) is 14.9 Å². The zero-order chi connectivity index (χ0) is 18.0. The number of carbonyl (C=O) groups is 1. The van der Waals surface area contributed by atoms with Gasteiger partial charge >= 0.3 is 11.7 Å². The molecular weight excluding hydrogens is 328 g/mol. The van der Waals surface area contributed by atoms with E-state index in [1.54, 1.807) is 12.1 Å². The molecule has 1 aromatic carbocycles. The molecule has 2 aromatic heterocycles. The molecule has 3 aromatic rings. The van der Waals surface area contributed by atoms with Crippen LogP contribution in [0.2, 0.25) is 0 Å². The third-order valence-electron chi connectivity index (χ3n) is 3.51. The van der Waals surface area contributed by atoms with Crippen molar-refractivity contribution in [3.8, 4) is 11.5 Å². The Morgan fingerprint density at radius 1 is 1.28 bits per heavy atom. The van der Waals surface area contributed by atoms with Crippen LogP contribution in [0.25, 0.3) is 11.5 Å². The summed E-state index contributed by atoms with van der Waals surface area (Å²) in [7, 11) is 0. The lowest BCUT2D eigenvalue weighted by Gasteiger charge is -2.02. The first-order valence-electron chi connectivity index (χ1n) is 7.33. The standard InChI is InChI=1S/C15H14N6O4/c1-9-13(21(23)24)10(2)20(19-9)8-12(22)16-15-18-17-14(25-15)11-6-4-3-5-7-11/h3-7H,8H2,1-2H3,(H,16,18,22). The molecule has 0 fully saturated rings. The number of benzene rings is 1. The van der Waals surface area contributed by atoms with Gasteiger partial charge in [0.15, 0.2) is 0 Å². The van der Waals surface area contributed by atoms with Crippen molar-refractivity contribution in [2.45, 2.75) is 20.4 Å². The normalized spacial score (nSPS) is 10.6. The monoisotopic (exact) mass is 342 g/mol. The maximum atomic E-state index is 12.1. The second kappa shape index (κ2) is 6.51. The highest BCUT2D eigenvalue weighted by atomic mass is 16.6. The summed E-state index contributed by atoms with van der Waals surface area (Å²) >= 11 is 0. The Hall–Kier alpha value is -3.56. The van der Waals surface area contributed by atoms with Crippen molar-refractivity contribution in [1.29, 1.82) is 0 Å². The summed E-state index contributed by atoms with van der Waals surface area (Å²) in [6, 6.07) is 9.05. The maximum absolute atomic E-state index is 12.1. The third kappa shape index (κ3) is 3.37. The Kier molecular flexibility index (Phi) is 4.25. The SMILES string of the molecule is Cc1nn(CC(=O)Nc2nnc(-c3ccccc3)o2)c(C)c1[N+](=O)[O-]. The van der Waals surface area contributed by atoms with Crippen molar-refractivity contribution in [2.24, 2.45) is 0 Å². The minimum atomic E-state index is -0.518. The van der Waals surface area contributed by atoms with E-state index in [0.29, 0.717) is 5.69 Å². The number of hydrogen-bond acceptors (Lipinski definition) is 7. The minimum Gasteiger partial charge on any atom is -0.403 e. The molecule has 10 heteroatoms. The van der Waals surface area contributed by atoms with E-state index >= 15 is 0 Å². The second-order valence-electron chi connectivity index (χ2n) is 5.26. The molecule has 10 nitrogen and oxygen atoms in total. The molecule has 2 heterocycles. The fourth-order valence-corrected chi connectivity index (χ4v) is 2.37. The summed E-state index contributed by atoms with van der Waals surface area (Å²) in [4.78, 5) is 22.6. The summed E-state index contributed by atoms with van der Waals surface area (Å²) in [6.45, 7) is 2.85. The van der Waals surface area contributed by atoms with Crippen LogP contribution in [0.3, 0.4) is 0 Å². The molecule has 0 aliphatic carbocycles. The van der Waals surface area contributed by atoms with E-state index in [4.69, 9.17) is 4.42 Å². The zero-order valence-electron chi connectivity index (χ0n) is 13.5. The van der Waals surface area contributed by atoms with E-state index in [-0.39, 0.29) is 29.8 Å². The Morgan fingerprint density at radius 3 is 2.64 bits per heavy atom. The smallest absolute Gasteiger partial charge is 0.322 e. The molecule has 0 bridgehead atoms. The van der Waals surface area contributed by atoms with Crippen molar-refractivity contribution < 1.29 is 14.1 Å². The van der Waals surface area contributed by atoms with Crippen molar-refractivity contribution in [2.75, 3.05) is 5.32 Å². The number of hydrogen-bond donors (Lipinski definition) is 1. The van der Waals surface area contributed by atoms with Gasteiger partial charge in [0.05, 0.1) is 4.92 Å². The molecule has 0 aliphatic heterocycles. The lowest BCUT2D eigenvalue weighted by atomic mass is 10.2. The van der Waals surface area contributed by atoms with Crippen LogP contribution in [-0.4, -0.2) is 30.8 Å². The Bertz CT molecular complexity index is 931. The summed E-state index contributed by atoms with van der Waals surface area (Å²) < 4.78 is 6.64. The van der Waals surface area contributed by atoms with Crippen molar-refractivity contribution in [3.05, 3.63) is 51.8 Å². The molecule has 1 N–H and O–H groups in total. The predicted octanol–water partition coefficient (Wildman–Crippen LogP) is 2.10. The van der Waals surface area contributed by atoms with E-state index in [0.717, 1.165) is 5.56 Å². The van der Waals surface area contributed by atoms with Crippen molar-refractivity contribution in [1.82, 2.24) is 20.0 Å². The number of aromatic nitrogens is 4. The summed E-state index contributed by atoms with van der Waals surface area (Å²) in [5, 5.41) is 25.1. The molecule has 0 unspecified atom stereocenters. The molecule has 0 saturated carbocycles. The predicted molar refractivity (Wildman–Crippen MR) is 86.7 cm³/mol. The van der Waals surface area contributed by atoms with Gasteiger partial charge in [-0.05, 0) is 26.0 Å². The van der Waals surface area contributed by atoms with Gasteiger partial charge in [0.25, 0.3) is 0 Å². The lowest BCUT2D eigenvalue weighted by Crippen LogP contribution is -2.20. The minimum absolute atomic E-state index is 0.0557. The average molecular weight is 342 g/mol. The Labute approximate surface area is 141 Å². The number of aryl methyl sites for hydroxylation is 1. The molecule has 25 heavy (non-hydrogen) atoms. The molecule has 128 valence electrons. The van der Waals surface area contributed by atoms with Crippen LogP contribution in [0.1, 0.15) is 11.4 Å². The van der Waals surface area contributed by atoms with E-state index < -0.39 is 10.8 Å². The van der Waals surface area contributed by atoms with Gasteiger partial charge in [-0.25, -0.2) is 0 Å². The molecule has 0 aliphatic rings. The summed E-state index contributed by atoms with van der Waals surface area (Å²) in [6.07, 6.45) is 0. The molecule has 3 rings (SSSR count). The maximum Gasteiger partial charge on any atom is 0.322 e. The number of nitrogens with one attached hydrogen (secondary N) is 1. The average Bonchev–Trinajstić information content (AvgIpc) is 3.13. The topological polar surface area (TPSA) is 129 Å². The van der Waals surface area contributed by atoms with Crippen LogP contribution in [0.4, 0.5) is 11.7 Å². The number of carbonyl (C=O) groups excluding carboxylic acids is 1. The Morgan fingerprint density at radius 2 is 2.00 bits per heavy atom. The van der Waals surface area contributed by atoms with Gasteiger partial charge in [0.2, 0.25) is 11.8 Å². The Balaban J connectivity index is 1.71. The quantitative estimate of drug-likeness (QED) is 0.555. The number of nitro groups is 1. The summed E-state index contributed by atoms with van der Waals surface area (Å²) in [5.74, 6) is -0.207. The molecule has 0 saturated heterocycles. The van der Waals surface area contributed by atoms with Crippen molar-refractivity contribution >= 4 is 17.6 Å². The molecule has 0 spiro atoms. The molecule has 1 amide bonds. The second-order valence-corrected chi connectivity index (χ2v) is 5.26. The first kappa shape index (κ1) is 16.3. The van der Waals surface area contributed by atoms with E-state index in [1.807, 2.05) is 18.2 Å². The first-order chi connectivity index (χ1) is 12.0. The fourth-order valence-electron chi connectivity index (χ4n) is 2.37. The highest BCUT2D eigenvalue weighted by Gasteiger charge is 2.23. The van der Waals surface area contributed by atoms with Gasteiger partial charge in [-0.15, -0.1) is 5.10 Å². The van der Waals surface area contributed by atoms with Crippen molar-refractivity contribution in [3.63, 3.8) is 0 Å². The molecule has 0 radical (unpaired) electrons. The van der Waals surface area contributed by atoms with Crippen LogP contribution in [0.15, 0.2) is 34.7 Å². The lowest BCUT2D eigenvalue weighted by molar-refractivity contribution is -0.386.